The second kappa shape index (κ2) is 10.2. The lowest BCUT2D eigenvalue weighted by Gasteiger charge is -2.29. The average Bonchev–Trinajstić information content (AvgIpc) is 3.15. The predicted molar refractivity (Wildman–Crippen MR) is 173 cm³/mol. The van der Waals surface area contributed by atoms with Crippen molar-refractivity contribution in [2.45, 2.75) is 59.3 Å². The summed E-state index contributed by atoms with van der Waals surface area (Å²) in [6.07, 6.45) is 0. The van der Waals surface area contributed by atoms with E-state index in [9.17, 15) is 0 Å². The molecule has 0 saturated heterocycles. The van der Waals surface area contributed by atoms with Gasteiger partial charge in [0.1, 0.15) is 0 Å². The summed E-state index contributed by atoms with van der Waals surface area (Å²) < 4.78 is 3.33. The highest BCUT2D eigenvalue weighted by molar-refractivity contribution is 9.10. The monoisotopic (exact) mass is 598 g/mol. The highest BCUT2D eigenvalue weighted by Crippen LogP contribution is 2.44. The first kappa shape index (κ1) is 27.6. The van der Waals surface area contributed by atoms with Crippen molar-refractivity contribution < 1.29 is 0 Å². The van der Waals surface area contributed by atoms with E-state index in [1.54, 1.807) is 0 Å². The Morgan fingerprint density at radius 2 is 1.18 bits per heavy atom. The first-order valence-corrected chi connectivity index (χ1v) is 14.6. The SMILES string of the molecule is Cc1c(Br)c2ccccc2n1-c1cccc(N(c2ccc(C(C)(C)C)cc2)c2ccc(C(C)(C)C)cc2)c1Cl. The molecule has 0 spiro atoms. The van der Waals surface area contributed by atoms with E-state index in [0.29, 0.717) is 5.02 Å². The van der Waals surface area contributed by atoms with E-state index < -0.39 is 0 Å². The maximum atomic E-state index is 7.35. The van der Waals surface area contributed by atoms with Crippen molar-refractivity contribution in [2.75, 3.05) is 4.90 Å². The maximum Gasteiger partial charge on any atom is 0.0886 e. The molecule has 0 atom stereocenters. The number of benzene rings is 4. The third kappa shape index (κ3) is 5.15. The van der Waals surface area contributed by atoms with Gasteiger partial charge >= 0.3 is 0 Å². The Balaban J connectivity index is 1.71. The molecule has 0 aliphatic heterocycles. The van der Waals surface area contributed by atoms with Gasteiger partial charge in [0.25, 0.3) is 0 Å². The molecule has 2 nitrogen and oxygen atoms in total. The van der Waals surface area contributed by atoms with Crippen molar-refractivity contribution in [3.8, 4) is 5.69 Å². The van der Waals surface area contributed by atoms with Crippen LogP contribution in [0, 0.1) is 6.92 Å². The molecule has 0 amide bonds. The normalized spacial score (nSPS) is 12.2. The summed E-state index contributed by atoms with van der Waals surface area (Å²) in [5.41, 5.74) is 9.03. The Hall–Kier alpha value is -3.01. The van der Waals surface area contributed by atoms with Gasteiger partial charge in [0.2, 0.25) is 0 Å². The first-order valence-electron chi connectivity index (χ1n) is 13.4. The number of para-hydroxylation sites is 1. The van der Waals surface area contributed by atoms with Crippen molar-refractivity contribution in [2.24, 2.45) is 0 Å². The lowest BCUT2D eigenvalue weighted by Crippen LogP contribution is -2.15. The van der Waals surface area contributed by atoms with E-state index >= 15 is 0 Å². The van der Waals surface area contributed by atoms with Crippen LogP contribution in [0.4, 0.5) is 17.1 Å². The first-order chi connectivity index (χ1) is 18.4. The molecule has 1 aromatic heterocycles. The number of rotatable bonds is 4. The van der Waals surface area contributed by atoms with Gasteiger partial charge in [0, 0.05) is 26.9 Å². The summed E-state index contributed by atoms with van der Waals surface area (Å²) in [5.74, 6) is 0. The fourth-order valence-corrected chi connectivity index (χ4v) is 5.95. The standard InChI is InChI=1S/C35H36BrClN2/c1-23-32(36)28-11-8-9-12-29(28)38(23)30-13-10-14-31(33(30)37)39(26-19-15-24(16-20-26)34(2,3)4)27-21-17-25(18-22-27)35(5,6)7/h8-22H,1-7H3. The Morgan fingerprint density at radius 1 is 0.667 bits per heavy atom. The number of hydrogen-bond donors (Lipinski definition) is 0. The number of fused-ring (bicyclic) bond motifs is 1. The van der Waals surface area contributed by atoms with Crippen molar-refractivity contribution in [3.63, 3.8) is 0 Å². The van der Waals surface area contributed by atoms with Gasteiger partial charge < -0.3 is 9.47 Å². The molecule has 0 bridgehead atoms. The van der Waals surface area contributed by atoms with Gasteiger partial charge in [-0.25, -0.2) is 0 Å². The molecule has 0 N–H and O–H groups in total. The van der Waals surface area contributed by atoms with Gasteiger partial charge in [-0.3, -0.25) is 0 Å². The lowest BCUT2D eigenvalue weighted by atomic mass is 9.86. The predicted octanol–water partition coefficient (Wildman–Crippen LogP) is 11.4. The van der Waals surface area contributed by atoms with Crippen LogP contribution in [0.15, 0.2) is 95.5 Å². The summed E-state index contributed by atoms with van der Waals surface area (Å²) in [5, 5.41) is 1.87. The molecule has 4 heteroatoms. The van der Waals surface area contributed by atoms with Crippen LogP contribution in [0.1, 0.15) is 58.4 Å². The Kier molecular flexibility index (Phi) is 7.20. The Morgan fingerprint density at radius 3 is 1.69 bits per heavy atom. The van der Waals surface area contributed by atoms with Gasteiger partial charge in [-0.2, -0.15) is 0 Å². The number of hydrogen-bond acceptors (Lipinski definition) is 1. The molecule has 1 heterocycles. The van der Waals surface area contributed by atoms with Crippen LogP contribution in [-0.4, -0.2) is 4.57 Å². The summed E-state index contributed by atoms with van der Waals surface area (Å²) >= 11 is 11.2. The molecule has 200 valence electrons. The molecule has 0 aliphatic carbocycles. The second-order valence-electron chi connectivity index (χ2n) is 12.3. The van der Waals surface area contributed by atoms with Crippen LogP contribution >= 0.6 is 27.5 Å². The van der Waals surface area contributed by atoms with E-state index in [1.807, 2.05) is 0 Å². The minimum atomic E-state index is 0.0790. The highest BCUT2D eigenvalue weighted by Gasteiger charge is 2.23. The molecule has 39 heavy (non-hydrogen) atoms. The second-order valence-corrected chi connectivity index (χ2v) is 13.5. The minimum Gasteiger partial charge on any atom is -0.311 e. The molecule has 0 fully saturated rings. The molecular weight excluding hydrogens is 564 g/mol. The van der Waals surface area contributed by atoms with Crippen LogP contribution < -0.4 is 4.90 Å². The molecule has 0 radical (unpaired) electrons. The molecule has 0 unspecified atom stereocenters. The van der Waals surface area contributed by atoms with Crippen LogP contribution in [0.3, 0.4) is 0 Å². The van der Waals surface area contributed by atoms with Gasteiger partial charge in [0.05, 0.1) is 21.9 Å². The third-order valence-corrected chi connectivity index (χ3v) is 8.85. The van der Waals surface area contributed by atoms with Crippen LogP contribution in [0.25, 0.3) is 16.6 Å². The Bertz CT molecular complexity index is 1570. The van der Waals surface area contributed by atoms with Crippen molar-refractivity contribution in [1.29, 1.82) is 0 Å². The van der Waals surface area contributed by atoms with Crippen molar-refractivity contribution >= 4 is 55.5 Å². The smallest absolute Gasteiger partial charge is 0.0886 e. The number of anilines is 3. The molecule has 5 aromatic rings. The summed E-state index contributed by atoms with van der Waals surface area (Å²) in [7, 11) is 0. The Labute approximate surface area is 246 Å². The minimum absolute atomic E-state index is 0.0790. The van der Waals surface area contributed by atoms with Crippen LogP contribution in [0.5, 0.6) is 0 Å². The zero-order chi connectivity index (χ0) is 28.1. The largest absolute Gasteiger partial charge is 0.311 e. The van der Waals surface area contributed by atoms with E-state index in [2.05, 4.69) is 165 Å². The average molecular weight is 600 g/mol. The third-order valence-electron chi connectivity index (χ3n) is 7.46. The zero-order valence-corrected chi connectivity index (χ0v) is 26.2. The lowest BCUT2D eigenvalue weighted by molar-refractivity contribution is 0.590. The number of aromatic nitrogens is 1. The number of halogens is 2. The summed E-state index contributed by atoms with van der Waals surface area (Å²) in [6.45, 7) is 15.6. The van der Waals surface area contributed by atoms with Crippen LogP contribution in [-0.2, 0) is 10.8 Å². The molecule has 0 saturated carbocycles. The van der Waals surface area contributed by atoms with E-state index in [1.165, 1.54) is 16.5 Å². The van der Waals surface area contributed by atoms with E-state index in [4.69, 9.17) is 11.6 Å². The van der Waals surface area contributed by atoms with Crippen molar-refractivity contribution in [1.82, 2.24) is 4.57 Å². The van der Waals surface area contributed by atoms with Crippen molar-refractivity contribution in [3.05, 3.63) is 117 Å². The van der Waals surface area contributed by atoms with Crippen LogP contribution in [0.2, 0.25) is 5.02 Å². The van der Waals surface area contributed by atoms with Gasteiger partial charge in [0.15, 0.2) is 0 Å². The summed E-state index contributed by atoms with van der Waals surface area (Å²) in [6, 6.07) is 32.4. The maximum absolute atomic E-state index is 7.35. The fraction of sp³-hybridized carbons (Fsp3) is 0.257. The van der Waals surface area contributed by atoms with Gasteiger partial charge in [-0.1, -0.05) is 102 Å². The van der Waals surface area contributed by atoms with Gasteiger partial charge in [-0.15, -0.1) is 0 Å². The van der Waals surface area contributed by atoms with E-state index in [0.717, 1.165) is 38.4 Å². The fourth-order valence-electron chi connectivity index (χ4n) is 5.14. The quantitative estimate of drug-likeness (QED) is 0.199. The molecule has 5 rings (SSSR count). The topological polar surface area (TPSA) is 8.17 Å². The zero-order valence-electron chi connectivity index (χ0n) is 23.8. The molecule has 0 aliphatic rings. The molecule has 4 aromatic carbocycles. The number of nitrogens with zero attached hydrogens (tertiary/aromatic N) is 2. The highest BCUT2D eigenvalue weighted by atomic mass is 79.9. The van der Waals surface area contributed by atoms with E-state index in [-0.39, 0.29) is 10.8 Å². The summed E-state index contributed by atoms with van der Waals surface area (Å²) in [4.78, 5) is 2.26. The van der Waals surface area contributed by atoms with Gasteiger partial charge in [-0.05, 0) is 87.3 Å². The molecular formula is C35H36BrClN2.